The minimum Gasteiger partial charge on any atom is -0.404 e. The fourth-order valence-electron chi connectivity index (χ4n) is 2.58. The minimum atomic E-state index is -5.09. The van der Waals surface area contributed by atoms with E-state index in [2.05, 4.69) is 10.2 Å². The Kier molecular flexibility index (Phi) is 5.18. The van der Waals surface area contributed by atoms with E-state index in [9.17, 15) is 26.4 Å². The number of hydrogen-bond donors (Lipinski definition) is 2. The summed E-state index contributed by atoms with van der Waals surface area (Å²) in [5, 5.41) is 1.00. The molecule has 0 radical (unpaired) electrons. The normalized spacial score (nSPS) is 16.5. The number of urea groups is 1. The number of nitrogens with zero attached hydrogens (tertiary/aromatic N) is 1. The molecule has 1 unspecified atom stereocenters. The molecule has 2 aromatic carbocycles. The van der Waals surface area contributed by atoms with E-state index >= 15 is 0 Å². The Morgan fingerprint density at radius 3 is 2.39 bits per heavy atom. The summed E-state index contributed by atoms with van der Waals surface area (Å²) in [6, 6.07) is 11.2. The lowest BCUT2D eigenvalue weighted by Gasteiger charge is -2.25. The Morgan fingerprint density at radius 2 is 1.71 bits per heavy atom. The zero-order valence-corrected chi connectivity index (χ0v) is 14.9. The first-order valence-corrected chi connectivity index (χ1v) is 9.34. The molecule has 0 saturated heterocycles. The summed E-state index contributed by atoms with van der Waals surface area (Å²) in [5.41, 5.74) is 3.30. The SMILES string of the molecule is O=C(NS(=O)(=O)c1ccccc1OC(F)(F)F)N1NC=CC1c1ccccc1. The van der Waals surface area contributed by atoms with Crippen molar-refractivity contribution < 1.29 is 31.1 Å². The lowest BCUT2D eigenvalue weighted by molar-refractivity contribution is -0.275. The average molecular weight is 413 g/mol. The summed E-state index contributed by atoms with van der Waals surface area (Å²) < 4.78 is 68.1. The number of alkyl halides is 3. The molecule has 0 spiro atoms. The first-order chi connectivity index (χ1) is 13.2. The summed E-state index contributed by atoms with van der Waals surface area (Å²) in [6.45, 7) is 0. The summed E-state index contributed by atoms with van der Waals surface area (Å²) in [4.78, 5) is 11.7. The molecule has 2 aromatic rings. The maximum absolute atomic E-state index is 12.5. The number of carbonyl (C=O) groups excluding carboxylic acids is 1. The summed E-state index contributed by atoms with van der Waals surface area (Å²) in [7, 11) is -4.64. The molecular weight excluding hydrogens is 399 g/mol. The molecule has 0 aliphatic carbocycles. The standard InChI is InChI=1S/C17H14F3N3O4S/c18-17(19,20)27-14-8-4-5-9-15(14)28(25,26)22-16(24)23-13(10-11-21-23)12-6-2-1-3-7-12/h1-11,13,21H,(H,22,24). The molecule has 0 fully saturated rings. The van der Waals surface area contributed by atoms with Crippen LogP contribution in [0, 0.1) is 0 Å². The van der Waals surface area contributed by atoms with Crippen LogP contribution < -0.4 is 14.9 Å². The summed E-state index contributed by atoms with van der Waals surface area (Å²) in [5.74, 6) is -0.942. The monoisotopic (exact) mass is 413 g/mol. The van der Waals surface area contributed by atoms with Crippen LogP contribution in [0.3, 0.4) is 0 Å². The third-order valence-corrected chi connectivity index (χ3v) is 5.08. The number of carbonyl (C=O) groups is 1. The van der Waals surface area contributed by atoms with Gasteiger partial charge in [-0.2, -0.15) is 0 Å². The number of sulfonamides is 1. The molecule has 1 atom stereocenters. The van der Waals surface area contributed by atoms with Gasteiger partial charge in [0.2, 0.25) is 0 Å². The quantitative estimate of drug-likeness (QED) is 0.805. The van der Waals surface area contributed by atoms with Crippen molar-refractivity contribution in [2.24, 2.45) is 0 Å². The van der Waals surface area contributed by atoms with Crippen LogP contribution in [0.5, 0.6) is 5.75 Å². The van der Waals surface area contributed by atoms with Gasteiger partial charge in [-0.25, -0.2) is 22.9 Å². The molecule has 0 bridgehead atoms. The van der Waals surface area contributed by atoms with Crippen molar-refractivity contribution in [2.45, 2.75) is 17.3 Å². The topological polar surface area (TPSA) is 87.7 Å². The third kappa shape index (κ3) is 4.36. The third-order valence-electron chi connectivity index (χ3n) is 3.72. The number of hydrazine groups is 1. The van der Waals surface area contributed by atoms with Gasteiger partial charge < -0.3 is 10.2 Å². The largest absolute Gasteiger partial charge is 0.573 e. The van der Waals surface area contributed by atoms with Gasteiger partial charge in [-0.1, -0.05) is 42.5 Å². The van der Waals surface area contributed by atoms with E-state index in [1.165, 1.54) is 18.3 Å². The fraction of sp³-hybridized carbons (Fsp3) is 0.118. The Hall–Kier alpha value is -3.21. The van der Waals surface area contributed by atoms with Gasteiger partial charge in [0.05, 0.1) is 6.04 Å². The van der Waals surface area contributed by atoms with Gasteiger partial charge in [-0.05, 0) is 23.8 Å². The predicted molar refractivity (Wildman–Crippen MR) is 92.1 cm³/mol. The van der Waals surface area contributed by atoms with Crippen molar-refractivity contribution in [1.82, 2.24) is 15.2 Å². The van der Waals surface area contributed by atoms with E-state index in [4.69, 9.17) is 0 Å². The van der Waals surface area contributed by atoms with Crippen LogP contribution in [0.25, 0.3) is 0 Å². The second-order valence-corrected chi connectivity index (χ2v) is 7.27. The first-order valence-electron chi connectivity index (χ1n) is 7.86. The van der Waals surface area contributed by atoms with Gasteiger partial charge >= 0.3 is 12.4 Å². The Balaban J connectivity index is 1.82. The molecule has 1 aliphatic heterocycles. The lowest BCUT2D eigenvalue weighted by atomic mass is 10.1. The zero-order chi connectivity index (χ0) is 20.4. The molecule has 3 rings (SSSR count). The first kappa shape index (κ1) is 19.5. The number of para-hydroxylation sites is 1. The van der Waals surface area contributed by atoms with Gasteiger partial charge in [-0.15, -0.1) is 13.2 Å². The molecule has 0 saturated carbocycles. The van der Waals surface area contributed by atoms with Crippen LogP contribution in [0.2, 0.25) is 0 Å². The molecular formula is C17H14F3N3O4S. The Labute approximate surface area is 158 Å². The van der Waals surface area contributed by atoms with E-state index < -0.39 is 39.1 Å². The Bertz CT molecular complexity index is 994. The smallest absolute Gasteiger partial charge is 0.404 e. The van der Waals surface area contributed by atoms with Crippen LogP contribution in [0.1, 0.15) is 11.6 Å². The number of nitrogens with one attached hydrogen (secondary N) is 2. The maximum Gasteiger partial charge on any atom is 0.573 e. The predicted octanol–water partition coefficient (Wildman–Crippen LogP) is 3.06. The molecule has 7 nitrogen and oxygen atoms in total. The van der Waals surface area contributed by atoms with Crippen molar-refractivity contribution in [3.05, 3.63) is 72.4 Å². The molecule has 11 heteroatoms. The molecule has 1 aliphatic rings. The molecule has 28 heavy (non-hydrogen) atoms. The highest BCUT2D eigenvalue weighted by molar-refractivity contribution is 7.90. The number of amides is 2. The van der Waals surface area contributed by atoms with Crippen LogP contribution in [0.15, 0.2) is 71.8 Å². The van der Waals surface area contributed by atoms with Gasteiger partial charge in [0.15, 0.2) is 0 Å². The van der Waals surface area contributed by atoms with Gasteiger partial charge in [-0.3, -0.25) is 0 Å². The number of rotatable bonds is 4. The maximum atomic E-state index is 12.5. The van der Waals surface area contributed by atoms with Crippen molar-refractivity contribution in [2.75, 3.05) is 0 Å². The van der Waals surface area contributed by atoms with Gasteiger partial charge in [0.25, 0.3) is 10.0 Å². The van der Waals surface area contributed by atoms with Crippen molar-refractivity contribution >= 4 is 16.1 Å². The highest BCUT2D eigenvalue weighted by atomic mass is 32.2. The average Bonchev–Trinajstić information content (AvgIpc) is 3.11. The molecule has 2 N–H and O–H groups in total. The highest BCUT2D eigenvalue weighted by Crippen LogP contribution is 2.30. The number of benzene rings is 2. The van der Waals surface area contributed by atoms with Crippen LogP contribution in [0.4, 0.5) is 18.0 Å². The van der Waals surface area contributed by atoms with Crippen molar-refractivity contribution in [1.29, 1.82) is 0 Å². The summed E-state index contributed by atoms with van der Waals surface area (Å²) >= 11 is 0. The van der Waals surface area contributed by atoms with Crippen molar-refractivity contribution in [3.8, 4) is 5.75 Å². The van der Waals surface area contributed by atoms with E-state index in [0.29, 0.717) is 5.56 Å². The number of hydrogen-bond acceptors (Lipinski definition) is 5. The second-order valence-electron chi connectivity index (χ2n) is 5.62. The van der Waals surface area contributed by atoms with E-state index in [1.54, 1.807) is 41.1 Å². The fourth-order valence-corrected chi connectivity index (χ4v) is 3.65. The second kappa shape index (κ2) is 7.43. The van der Waals surface area contributed by atoms with E-state index in [-0.39, 0.29) is 0 Å². The zero-order valence-electron chi connectivity index (χ0n) is 14.1. The minimum absolute atomic E-state index is 0.599. The number of halogens is 3. The lowest BCUT2D eigenvalue weighted by Crippen LogP contribution is -2.47. The summed E-state index contributed by atoms with van der Waals surface area (Å²) in [6.07, 6.45) is -2.01. The molecule has 1 heterocycles. The highest BCUT2D eigenvalue weighted by Gasteiger charge is 2.35. The molecule has 2 amide bonds. The van der Waals surface area contributed by atoms with Gasteiger partial charge in [0, 0.05) is 6.20 Å². The van der Waals surface area contributed by atoms with Crippen molar-refractivity contribution in [3.63, 3.8) is 0 Å². The number of ether oxygens (including phenoxy) is 1. The molecule has 0 aromatic heterocycles. The molecule has 148 valence electrons. The van der Waals surface area contributed by atoms with E-state index in [1.807, 2.05) is 0 Å². The van der Waals surface area contributed by atoms with Crippen LogP contribution in [-0.4, -0.2) is 25.8 Å². The van der Waals surface area contributed by atoms with Crippen LogP contribution in [-0.2, 0) is 10.0 Å². The Morgan fingerprint density at radius 1 is 1.07 bits per heavy atom. The van der Waals surface area contributed by atoms with E-state index in [0.717, 1.165) is 17.1 Å². The van der Waals surface area contributed by atoms with Gasteiger partial charge in [0.1, 0.15) is 10.6 Å². The van der Waals surface area contributed by atoms with Crippen LogP contribution >= 0.6 is 0 Å².